The SMILES string of the molecule is COc1c(C(C)CC=O)cc2c(c1Br)CCCC2. The number of benzene rings is 1. The lowest BCUT2D eigenvalue weighted by Gasteiger charge is -2.23. The van der Waals surface area contributed by atoms with Crippen LogP contribution in [-0.4, -0.2) is 13.4 Å². The van der Waals surface area contributed by atoms with Crippen LogP contribution in [0.3, 0.4) is 0 Å². The summed E-state index contributed by atoms with van der Waals surface area (Å²) in [6, 6.07) is 2.24. The summed E-state index contributed by atoms with van der Waals surface area (Å²) in [5, 5.41) is 0. The molecule has 0 radical (unpaired) electrons. The number of ether oxygens (including phenoxy) is 1. The molecule has 0 N–H and O–H groups in total. The third-order valence-corrected chi connectivity index (χ3v) is 4.59. The summed E-state index contributed by atoms with van der Waals surface area (Å²) in [5.41, 5.74) is 3.96. The zero-order valence-corrected chi connectivity index (χ0v) is 12.5. The van der Waals surface area contributed by atoms with Crippen LogP contribution in [0.5, 0.6) is 5.75 Å². The highest BCUT2D eigenvalue weighted by molar-refractivity contribution is 9.10. The predicted octanol–water partition coefficient (Wildman–Crippen LogP) is 4.03. The van der Waals surface area contributed by atoms with E-state index in [1.165, 1.54) is 24.0 Å². The second-order valence-electron chi connectivity index (χ2n) is 4.96. The number of hydrogen-bond donors (Lipinski definition) is 0. The van der Waals surface area contributed by atoms with Crippen LogP contribution in [0.2, 0.25) is 0 Å². The second kappa shape index (κ2) is 5.87. The molecule has 98 valence electrons. The molecule has 1 aromatic carbocycles. The summed E-state index contributed by atoms with van der Waals surface area (Å²) in [7, 11) is 1.70. The first-order valence-electron chi connectivity index (χ1n) is 6.50. The first-order chi connectivity index (χ1) is 8.69. The molecule has 2 nitrogen and oxygen atoms in total. The zero-order valence-electron chi connectivity index (χ0n) is 11.0. The van der Waals surface area contributed by atoms with Gasteiger partial charge in [-0.15, -0.1) is 0 Å². The number of carbonyl (C=O) groups excluding carboxylic acids is 1. The highest BCUT2D eigenvalue weighted by Gasteiger charge is 2.21. The zero-order chi connectivity index (χ0) is 13.1. The van der Waals surface area contributed by atoms with E-state index in [0.29, 0.717) is 6.42 Å². The fourth-order valence-electron chi connectivity index (χ4n) is 2.70. The Morgan fingerprint density at radius 1 is 1.44 bits per heavy atom. The van der Waals surface area contributed by atoms with Crippen molar-refractivity contribution in [1.82, 2.24) is 0 Å². The van der Waals surface area contributed by atoms with Gasteiger partial charge in [-0.25, -0.2) is 0 Å². The van der Waals surface area contributed by atoms with Gasteiger partial charge < -0.3 is 9.53 Å². The number of hydrogen-bond acceptors (Lipinski definition) is 2. The first kappa shape index (κ1) is 13.6. The van der Waals surface area contributed by atoms with Crippen molar-refractivity contribution in [3.8, 4) is 5.75 Å². The molecule has 0 saturated heterocycles. The van der Waals surface area contributed by atoms with Gasteiger partial charge in [0.15, 0.2) is 0 Å². The molecule has 3 heteroatoms. The van der Waals surface area contributed by atoms with Crippen molar-refractivity contribution >= 4 is 22.2 Å². The van der Waals surface area contributed by atoms with Crippen LogP contribution in [0.1, 0.15) is 48.8 Å². The molecule has 1 aromatic rings. The summed E-state index contributed by atoms with van der Waals surface area (Å²) >= 11 is 3.68. The van der Waals surface area contributed by atoms with E-state index >= 15 is 0 Å². The molecule has 1 unspecified atom stereocenters. The minimum Gasteiger partial charge on any atom is -0.495 e. The minimum absolute atomic E-state index is 0.209. The number of fused-ring (bicyclic) bond motifs is 1. The average molecular weight is 311 g/mol. The fraction of sp³-hybridized carbons (Fsp3) is 0.533. The van der Waals surface area contributed by atoms with Gasteiger partial charge in [-0.2, -0.15) is 0 Å². The van der Waals surface area contributed by atoms with Crippen LogP contribution in [0.25, 0.3) is 0 Å². The normalized spacial score (nSPS) is 15.9. The molecule has 0 bridgehead atoms. The van der Waals surface area contributed by atoms with Crippen LogP contribution in [0.15, 0.2) is 10.5 Å². The Morgan fingerprint density at radius 2 is 2.17 bits per heavy atom. The Morgan fingerprint density at radius 3 is 2.83 bits per heavy atom. The van der Waals surface area contributed by atoms with Crippen molar-refractivity contribution in [3.63, 3.8) is 0 Å². The molecular weight excluding hydrogens is 292 g/mol. The van der Waals surface area contributed by atoms with Crippen LogP contribution < -0.4 is 4.74 Å². The lowest BCUT2D eigenvalue weighted by molar-refractivity contribution is -0.108. The average Bonchev–Trinajstić information content (AvgIpc) is 2.39. The van der Waals surface area contributed by atoms with Gasteiger partial charge >= 0.3 is 0 Å². The maximum absolute atomic E-state index is 10.7. The summed E-state index contributed by atoms with van der Waals surface area (Å²) in [6.07, 6.45) is 6.29. The van der Waals surface area contributed by atoms with Crippen molar-refractivity contribution < 1.29 is 9.53 Å². The Labute approximate surface area is 117 Å². The molecule has 1 atom stereocenters. The van der Waals surface area contributed by atoms with Gasteiger partial charge in [0, 0.05) is 6.42 Å². The van der Waals surface area contributed by atoms with Gasteiger partial charge in [0.2, 0.25) is 0 Å². The quantitative estimate of drug-likeness (QED) is 0.785. The molecule has 1 aliphatic carbocycles. The van der Waals surface area contributed by atoms with E-state index in [1.807, 2.05) is 0 Å². The van der Waals surface area contributed by atoms with Crippen LogP contribution in [-0.2, 0) is 17.6 Å². The lowest BCUT2D eigenvalue weighted by atomic mass is 9.86. The van der Waals surface area contributed by atoms with Crippen molar-refractivity contribution in [2.45, 2.75) is 44.9 Å². The highest BCUT2D eigenvalue weighted by Crippen LogP contribution is 2.41. The van der Waals surface area contributed by atoms with E-state index in [9.17, 15) is 4.79 Å². The van der Waals surface area contributed by atoms with E-state index in [1.54, 1.807) is 7.11 Å². The molecule has 0 saturated carbocycles. The van der Waals surface area contributed by atoms with Gasteiger partial charge in [-0.3, -0.25) is 0 Å². The van der Waals surface area contributed by atoms with Crippen molar-refractivity contribution in [2.75, 3.05) is 7.11 Å². The Hall–Kier alpha value is -0.830. The molecular formula is C15H19BrO2. The number of aldehydes is 1. The van der Waals surface area contributed by atoms with Crippen LogP contribution in [0.4, 0.5) is 0 Å². The van der Waals surface area contributed by atoms with Gasteiger partial charge in [0.25, 0.3) is 0 Å². The molecule has 0 amide bonds. The summed E-state index contributed by atoms with van der Waals surface area (Å²) in [6.45, 7) is 2.08. The monoisotopic (exact) mass is 310 g/mol. The highest BCUT2D eigenvalue weighted by atomic mass is 79.9. The maximum Gasteiger partial charge on any atom is 0.136 e. The summed E-state index contributed by atoms with van der Waals surface area (Å²) in [4.78, 5) is 10.7. The van der Waals surface area contributed by atoms with Crippen molar-refractivity contribution in [1.29, 1.82) is 0 Å². The van der Waals surface area contributed by atoms with Gasteiger partial charge in [-0.1, -0.05) is 13.0 Å². The Kier molecular flexibility index (Phi) is 4.44. The molecule has 1 aliphatic rings. The largest absolute Gasteiger partial charge is 0.495 e. The summed E-state index contributed by atoms with van der Waals surface area (Å²) < 4.78 is 6.64. The van der Waals surface area contributed by atoms with E-state index in [-0.39, 0.29) is 5.92 Å². The Bertz CT molecular complexity index is 454. The van der Waals surface area contributed by atoms with E-state index < -0.39 is 0 Å². The molecule has 0 aromatic heterocycles. The second-order valence-corrected chi connectivity index (χ2v) is 5.75. The predicted molar refractivity (Wildman–Crippen MR) is 76.4 cm³/mol. The lowest BCUT2D eigenvalue weighted by Crippen LogP contribution is -2.08. The van der Waals surface area contributed by atoms with Gasteiger partial charge in [-0.05, 0) is 64.2 Å². The smallest absolute Gasteiger partial charge is 0.136 e. The summed E-state index contributed by atoms with van der Waals surface area (Å²) in [5.74, 6) is 1.12. The van der Waals surface area contributed by atoms with Crippen LogP contribution >= 0.6 is 15.9 Å². The number of rotatable bonds is 4. The van der Waals surface area contributed by atoms with Crippen LogP contribution in [0, 0.1) is 0 Å². The maximum atomic E-state index is 10.7. The van der Waals surface area contributed by atoms with Crippen molar-refractivity contribution in [3.05, 3.63) is 27.2 Å². The standard InChI is InChI=1S/C15H19BrO2/c1-10(7-8-17)13-9-11-5-3-4-6-12(11)14(16)15(13)18-2/h8-10H,3-7H2,1-2H3. The number of methoxy groups -OCH3 is 1. The molecule has 0 heterocycles. The van der Waals surface area contributed by atoms with Crippen molar-refractivity contribution in [2.24, 2.45) is 0 Å². The molecule has 2 rings (SSSR count). The molecule has 0 aliphatic heterocycles. The van der Waals surface area contributed by atoms with E-state index in [2.05, 4.69) is 28.9 Å². The number of halogens is 1. The number of aryl methyl sites for hydroxylation is 1. The Balaban J connectivity index is 2.51. The molecule has 0 fully saturated rings. The third kappa shape index (κ3) is 2.46. The van der Waals surface area contributed by atoms with E-state index in [0.717, 1.165) is 34.9 Å². The minimum atomic E-state index is 0.209. The third-order valence-electron chi connectivity index (χ3n) is 3.75. The first-order valence-corrected chi connectivity index (χ1v) is 7.30. The van der Waals surface area contributed by atoms with E-state index in [4.69, 9.17) is 4.74 Å². The topological polar surface area (TPSA) is 26.3 Å². The van der Waals surface area contributed by atoms with Gasteiger partial charge in [0.1, 0.15) is 12.0 Å². The number of carbonyl (C=O) groups is 1. The van der Waals surface area contributed by atoms with Gasteiger partial charge in [0.05, 0.1) is 11.6 Å². The molecule has 0 spiro atoms. The fourth-order valence-corrected chi connectivity index (χ4v) is 3.54. The molecule has 18 heavy (non-hydrogen) atoms.